The standard InChI is InChI=1S/C9H5BrFNO.C7H4BrFO/c10-7-1-6(2-8(11)3-7)9-4-12-5-13-9;8-6-1-5(4-10)2-7(9)3-6/h1-5H;1-4H. The highest BCUT2D eigenvalue weighted by Gasteiger charge is 2.04. The monoisotopic (exact) mass is 443 g/mol. The van der Waals surface area contributed by atoms with Crippen molar-refractivity contribution in [3.8, 4) is 11.3 Å². The maximum Gasteiger partial charge on any atom is 0.181 e. The predicted molar refractivity (Wildman–Crippen MR) is 89.1 cm³/mol. The van der Waals surface area contributed by atoms with Crippen molar-refractivity contribution >= 4 is 38.1 Å². The molecule has 0 N–H and O–H groups in total. The molecule has 3 nitrogen and oxygen atoms in total. The Morgan fingerprint density at radius 3 is 2.13 bits per heavy atom. The molecule has 0 spiro atoms. The van der Waals surface area contributed by atoms with Gasteiger partial charge in [0.25, 0.3) is 0 Å². The normalized spacial score (nSPS) is 9.91. The molecule has 23 heavy (non-hydrogen) atoms. The third-order valence-electron chi connectivity index (χ3n) is 2.60. The van der Waals surface area contributed by atoms with E-state index in [0.29, 0.717) is 32.1 Å². The van der Waals surface area contributed by atoms with Gasteiger partial charge in [0.1, 0.15) is 17.9 Å². The minimum absolute atomic E-state index is 0.305. The van der Waals surface area contributed by atoms with Crippen LogP contribution in [0.2, 0.25) is 0 Å². The van der Waals surface area contributed by atoms with Gasteiger partial charge in [0, 0.05) is 20.1 Å². The molecule has 7 heteroatoms. The zero-order valence-electron chi connectivity index (χ0n) is 11.5. The Labute approximate surface area is 147 Å². The van der Waals surface area contributed by atoms with Crippen molar-refractivity contribution in [2.75, 3.05) is 0 Å². The van der Waals surface area contributed by atoms with Crippen LogP contribution >= 0.6 is 31.9 Å². The SMILES string of the molecule is Fc1cc(Br)cc(-c2cnco2)c1.O=Cc1cc(F)cc(Br)c1. The van der Waals surface area contributed by atoms with E-state index < -0.39 is 5.82 Å². The molecule has 3 rings (SSSR count). The summed E-state index contributed by atoms with van der Waals surface area (Å²) in [5, 5.41) is 0. The van der Waals surface area contributed by atoms with Gasteiger partial charge in [-0.2, -0.15) is 0 Å². The second kappa shape index (κ2) is 8.12. The van der Waals surface area contributed by atoms with Crippen LogP contribution < -0.4 is 0 Å². The van der Waals surface area contributed by atoms with E-state index >= 15 is 0 Å². The van der Waals surface area contributed by atoms with Gasteiger partial charge in [-0.15, -0.1) is 0 Å². The van der Waals surface area contributed by atoms with Gasteiger partial charge in [-0.1, -0.05) is 31.9 Å². The largest absolute Gasteiger partial charge is 0.444 e. The molecule has 0 aliphatic rings. The molecular formula is C16H9Br2F2NO2. The van der Waals surface area contributed by atoms with Crippen LogP contribution in [0.5, 0.6) is 0 Å². The van der Waals surface area contributed by atoms with Crippen LogP contribution in [0.1, 0.15) is 10.4 Å². The van der Waals surface area contributed by atoms with Crippen LogP contribution in [0.3, 0.4) is 0 Å². The van der Waals surface area contributed by atoms with Gasteiger partial charge in [0.15, 0.2) is 12.2 Å². The summed E-state index contributed by atoms with van der Waals surface area (Å²) in [6.07, 6.45) is 3.46. The van der Waals surface area contributed by atoms with Crippen LogP contribution in [-0.2, 0) is 0 Å². The molecule has 1 heterocycles. The zero-order chi connectivity index (χ0) is 16.8. The highest BCUT2D eigenvalue weighted by molar-refractivity contribution is 9.10. The molecule has 0 amide bonds. The fraction of sp³-hybridized carbons (Fsp3) is 0. The summed E-state index contributed by atoms with van der Waals surface area (Å²) >= 11 is 6.25. The fourth-order valence-electron chi connectivity index (χ4n) is 1.70. The molecule has 118 valence electrons. The quantitative estimate of drug-likeness (QED) is 0.480. The molecule has 0 unspecified atom stereocenters. The molecule has 0 saturated carbocycles. The highest BCUT2D eigenvalue weighted by Crippen LogP contribution is 2.23. The number of hydrogen-bond donors (Lipinski definition) is 0. The van der Waals surface area contributed by atoms with Gasteiger partial charge >= 0.3 is 0 Å². The lowest BCUT2D eigenvalue weighted by atomic mass is 10.2. The van der Waals surface area contributed by atoms with Crippen molar-refractivity contribution in [2.45, 2.75) is 0 Å². The fourth-order valence-corrected chi connectivity index (χ4v) is 2.65. The zero-order valence-corrected chi connectivity index (χ0v) is 14.6. The van der Waals surface area contributed by atoms with Crippen molar-refractivity contribution in [2.24, 2.45) is 0 Å². The minimum Gasteiger partial charge on any atom is -0.444 e. The summed E-state index contributed by atoms with van der Waals surface area (Å²) in [5.74, 6) is -0.155. The lowest BCUT2D eigenvalue weighted by molar-refractivity contribution is 0.112. The smallest absolute Gasteiger partial charge is 0.181 e. The molecular weight excluding hydrogens is 436 g/mol. The van der Waals surface area contributed by atoms with Crippen molar-refractivity contribution in [1.82, 2.24) is 4.98 Å². The number of carbonyl (C=O) groups excluding carboxylic acids is 1. The number of aldehydes is 1. The average Bonchev–Trinajstić information content (AvgIpc) is 3.00. The first-order valence-corrected chi connectivity index (χ1v) is 7.83. The number of benzene rings is 2. The summed E-state index contributed by atoms with van der Waals surface area (Å²) in [7, 11) is 0. The van der Waals surface area contributed by atoms with Gasteiger partial charge in [0.2, 0.25) is 0 Å². The Kier molecular flexibility index (Phi) is 6.18. The van der Waals surface area contributed by atoms with E-state index in [4.69, 9.17) is 4.42 Å². The van der Waals surface area contributed by atoms with Crippen LogP contribution in [0.25, 0.3) is 11.3 Å². The third-order valence-corrected chi connectivity index (χ3v) is 3.52. The summed E-state index contributed by atoms with van der Waals surface area (Å²) in [6.45, 7) is 0. The molecule has 2 aromatic carbocycles. The molecule has 0 aliphatic heterocycles. The van der Waals surface area contributed by atoms with Gasteiger partial charge in [0.05, 0.1) is 6.20 Å². The molecule has 0 radical (unpaired) electrons. The van der Waals surface area contributed by atoms with Gasteiger partial charge in [-0.25, -0.2) is 13.8 Å². The Balaban J connectivity index is 0.000000174. The van der Waals surface area contributed by atoms with Gasteiger partial charge in [-0.05, 0) is 36.4 Å². The Bertz CT molecular complexity index is 767. The van der Waals surface area contributed by atoms with E-state index in [1.54, 1.807) is 18.3 Å². The van der Waals surface area contributed by atoms with E-state index in [0.717, 1.165) is 0 Å². The maximum atomic E-state index is 12.9. The van der Waals surface area contributed by atoms with Crippen molar-refractivity contribution in [3.63, 3.8) is 0 Å². The summed E-state index contributed by atoms with van der Waals surface area (Å²) in [4.78, 5) is 13.9. The van der Waals surface area contributed by atoms with Crippen LogP contribution in [0.4, 0.5) is 8.78 Å². The molecule has 0 atom stereocenters. The number of rotatable bonds is 2. The van der Waals surface area contributed by atoms with E-state index in [1.165, 1.54) is 30.7 Å². The Morgan fingerprint density at radius 2 is 1.61 bits per heavy atom. The highest BCUT2D eigenvalue weighted by atomic mass is 79.9. The second-order valence-electron chi connectivity index (χ2n) is 4.34. The number of carbonyl (C=O) groups is 1. The first-order chi connectivity index (χ1) is 11.0. The summed E-state index contributed by atoms with van der Waals surface area (Å²) < 4.78 is 31.6. The van der Waals surface area contributed by atoms with Gasteiger partial charge in [-0.3, -0.25) is 4.79 Å². The predicted octanol–water partition coefficient (Wildman–Crippen LogP) is 5.64. The van der Waals surface area contributed by atoms with Crippen LogP contribution in [0.15, 0.2) is 62.4 Å². The van der Waals surface area contributed by atoms with Crippen molar-refractivity contribution < 1.29 is 18.0 Å². The number of aromatic nitrogens is 1. The third kappa shape index (κ3) is 5.37. The molecule has 0 fully saturated rings. The van der Waals surface area contributed by atoms with E-state index in [9.17, 15) is 13.6 Å². The first kappa shape index (κ1) is 17.5. The lowest BCUT2D eigenvalue weighted by Crippen LogP contribution is -1.81. The summed E-state index contributed by atoms with van der Waals surface area (Å²) in [6, 6.07) is 8.58. The molecule has 0 bridgehead atoms. The minimum atomic E-state index is -0.406. The average molecular weight is 445 g/mol. The summed E-state index contributed by atoms with van der Waals surface area (Å²) in [5.41, 5.74) is 1.01. The van der Waals surface area contributed by atoms with Crippen LogP contribution in [0, 0.1) is 11.6 Å². The topological polar surface area (TPSA) is 43.1 Å². The van der Waals surface area contributed by atoms with Gasteiger partial charge < -0.3 is 4.42 Å². The second-order valence-corrected chi connectivity index (χ2v) is 6.18. The number of hydrogen-bond acceptors (Lipinski definition) is 3. The number of oxazole rings is 1. The van der Waals surface area contributed by atoms with E-state index in [1.807, 2.05) is 0 Å². The Morgan fingerprint density at radius 1 is 0.957 bits per heavy atom. The van der Waals surface area contributed by atoms with Crippen molar-refractivity contribution in [3.05, 3.63) is 75.1 Å². The molecule has 1 aromatic heterocycles. The lowest BCUT2D eigenvalue weighted by Gasteiger charge is -1.97. The Hall–Kier alpha value is -1.86. The molecule has 3 aromatic rings. The van der Waals surface area contributed by atoms with E-state index in [2.05, 4.69) is 36.8 Å². The number of halogens is 4. The van der Waals surface area contributed by atoms with Crippen LogP contribution in [-0.4, -0.2) is 11.3 Å². The van der Waals surface area contributed by atoms with E-state index in [-0.39, 0.29) is 5.82 Å². The van der Waals surface area contributed by atoms with Crippen molar-refractivity contribution in [1.29, 1.82) is 0 Å². The first-order valence-electron chi connectivity index (χ1n) is 6.24. The molecule has 0 saturated heterocycles. The maximum absolute atomic E-state index is 12.9. The number of nitrogens with zero attached hydrogens (tertiary/aromatic N) is 1. The molecule has 0 aliphatic carbocycles.